The van der Waals surface area contributed by atoms with Gasteiger partial charge in [-0.05, 0) is 39.0 Å². The zero-order valence-corrected chi connectivity index (χ0v) is 20.1. The van der Waals surface area contributed by atoms with Gasteiger partial charge in [-0.2, -0.15) is 5.10 Å². The summed E-state index contributed by atoms with van der Waals surface area (Å²) in [5.74, 6) is -0.702. The fourth-order valence-corrected chi connectivity index (χ4v) is 3.35. The van der Waals surface area contributed by atoms with Crippen molar-refractivity contribution >= 4 is 17.7 Å². The molecular weight excluding hydrogens is 467 g/mol. The number of carbonyl (C=O) groups excluding carboxylic acids is 2. The summed E-state index contributed by atoms with van der Waals surface area (Å²) in [6.45, 7) is 5.44. The summed E-state index contributed by atoms with van der Waals surface area (Å²) in [6.07, 6.45) is 2.81. The Hall–Kier alpha value is -4.41. The zero-order valence-electron chi connectivity index (χ0n) is 20.1. The Kier molecular flexibility index (Phi) is 7.18. The van der Waals surface area contributed by atoms with Crippen molar-refractivity contribution in [1.29, 1.82) is 0 Å². The van der Waals surface area contributed by atoms with Crippen LogP contribution in [0.25, 0.3) is 22.9 Å². The topological polar surface area (TPSA) is 125 Å². The highest BCUT2D eigenvalue weighted by Gasteiger charge is 2.19. The molecule has 186 valence electrons. The summed E-state index contributed by atoms with van der Waals surface area (Å²) in [7, 11) is 0. The number of anilines is 1. The van der Waals surface area contributed by atoms with Crippen molar-refractivity contribution in [3.63, 3.8) is 0 Å². The molecule has 0 aliphatic carbocycles. The molecule has 1 aromatic carbocycles. The predicted molar refractivity (Wildman–Crippen MR) is 128 cm³/mol. The van der Waals surface area contributed by atoms with Gasteiger partial charge in [0.1, 0.15) is 34.9 Å². The van der Waals surface area contributed by atoms with Gasteiger partial charge in [0.05, 0.1) is 18.7 Å². The molecule has 10 nitrogen and oxygen atoms in total. The average Bonchev–Trinajstić information content (AvgIpc) is 3.48. The first kappa shape index (κ1) is 24.7. The molecule has 3 heterocycles. The number of hydrogen-bond acceptors (Lipinski definition) is 8. The Labute approximate surface area is 206 Å². The van der Waals surface area contributed by atoms with Crippen LogP contribution in [-0.2, 0) is 20.9 Å². The molecule has 0 spiro atoms. The molecular formula is C25H25FN6O4. The van der Waals surface area contributed by atoms with E-state index in [-0.39, 0.29) is 42.8 Å². The van der Waals surface area contributed by atoms with Crippen molar-refractivity contribution < 1.29 is 23.2 Å². The number of rotatable bonds is 8. The van der Waals surface area contributed by atoms with Crippen LogP contribution in [0.2, 0.25) is 0 Å². The van der Waals surface area contributed by atoms with Gasteiger partial charge >= 0.3 is 5.97 Å². The maximum Gasteiger partial charge on any atom is 0.306 e. The summed E-state index contributed by atoms with van der Waals surface area (Å²) in [5, 5.41) is 11.2. The Morgan fingerprint density at radius 2 is 1.92 bits per heavy atom. The van der Waals surface area contributed by atoms with Crippen molar-refractivity contribution in [2.45, 2.75) is 45.8 Å². The smallest absolute Gasteiger partial charge is 0.306 e. The van der Waals surface area contributed by atoms with Gasteiger partial charge in [0.15, 0.2) is 5.82 Å². The van der Waals surface area contributed by atoms with Crippen LogP contribution in [0.15, 0.2) is 59.4 Å². The lowest BCUT2D eigenvalue weighted by atomic mass is 10.2. The summed E-state index contributed by atoms with van der Waals surface area (Å²) in [5.41, 5.74) is 1.32. The number of carbonyl (C=O) groups is 2. The second-order valence-corrected chi connectivity index (χ2v) is 8.95. The van der Waals surface area contributed by atoms with Crippen molar-refractivity contribution in [2.24, 2.45) is 0 Å². The molecule has 11 heteroatoms. The number of esters is 1. The van der Waals surface area contributed by atoms with Crippen molar-refractivity contribution in [3.05, 3.63) is 66.3 Å². The van der Waals surface area contributed by atoms with E-state index in [9.17, 15) is 14.0 Å². The fourth-order valence-electron chi connectivity index (χ4n) is 3.35. The third kappa shape index (κ3) is 6.38. The number of nitrogens with zero attached hydrogens (tertiary/aromatic N) is 5. The number of nitrogens with one attached hydrogen (secondary N) is 1. The summed E-state index contributed by atoms with van der Waals surface area (Å²) >= 11 is 0. The minimum absolute atomic E-state index is 0.0530. The second kappa shape index (κ2) is 10.5. The third-order valence-electron chi connectivity index (χ3n) is 4.89. The fraction of sp³-hybridized carbons (Fsp3) is 0.280. The van der Waals surface area contributed by atoms with Crippen LogP contribution >= 0.6 is 0 Å². The largest absolute Gasteiger partial charge is 0.460 e. The van der Waals surface area contributed by atoms with E-state index in [0.29, 0.717) is 22.6 Å². The van der Waals surface area contributed by atoms with E-state index in [1.807, 2.05) is 0 Å². The second-order valence-electron chi connectivity index (χ2n) is 8.95. The number of hydrogen-bond donors (Lipinski definition) is 1. The first-order valence-corrected chi connectivity index (χ1v) is 11.2. The first-order chi connectivity index (χ1) is 17.2. The molecule has 3 aromatic heterocycles. The molecule has 4 aromatic rings. The lowest BCUT2D eigenvalue weighted by Gasteiger charge is -2.19. The van der Waals surface area contributed by atoms with Gasteiger partial charge in [-0.15, -0.1) is 0 Å². The molecule has 0 atom stereocenters. The van der Waals surface area contributed by atoms with Crippen LogP contribution < -0.4 is 5.32 Å². The molecule has 0 saturated carbocycles. The van der Waals surface area contributed by atoms with E-state index >= 15 is 0 Å². The van der Waals surface area contributed by atoms with E-state index in [4.69, 9.17) is 9.26 Å². The Bertz CT molecular complexity index is 1360. The number of halogens is 1. The van der Waals surface area contributed by atoms with Crippen molar-refractivity contribution in [2.75, 3.05) is 5.32 Å². The van der Waals surface area contributed by atoms with Gasteiger partial charge in [-0.3, -0.25) is 14.3 Å². The lowest BCUT2D eigenvalue weighted by Crippen LogP contribution is -2.24. The van der Waals surface area contributed by atoms with E-state index in [2.05, 4.69) is 25.5 Å². The minimum atomic E-state index is -0.615. The van der Waals surface area contributed by atoms with E-state index < -0.39 is 11.6 Å². The zero-order chi connectivity index (χ0) is 25.7. The molecule has 1 amide bonds. The molecule has 0 radical (unpaired) electrons. The maximum atomic E-state index is 14.3. The monoisotopic (exact) mass is 492 g/mol. The molecule has 0 fully saturated rings. The molecule has 0 aliphatic heterocycles. The molecule has 4 rings (SSSR count). The molecule has 0 saturated heterocycles. The van der Waals surface area contributed by atoms with Crippen LogP contribution in [-0.4, -0.2) is 42.4 Å². The Balaban J connectivity index is 1.52. The van der Waals surface area contributed by atoms with Crippen LogP contribution in [0.3, 0.4) is 0 Å². The van der Waals surface area contributed by atoms with Gasteiger partial charge in [0.2, 0.25) is 5.91 Å². The highest BCUT2D eigenvalue weighted by atomic mass is 19.1. The SMILES string of the molecule is CC(C)(C)OC(=O)CCC(=O)Nc1ccnc(-c2cc(-c3ccon3)n(Cc3ccccc3F)n2)n1. The quantitative estimate of drug-likeness (QED) is 0.362. The first-order valence-electron chi connectivity index (χ1n) is 11.2. The van der Waals surface area contributed by atoms with Crippen LogP contribution in [0.5, 0.6) is 0 Å². The van der Waals surface area contributed by atoms with Crippen molar-refractivity contribution in [1.82, 2.24) is 24.9 Å². The predicted octanol–water partition coefficient (Wildman–Crippen LogP) is 4.24. The molecule has 1 N–H and O–H groups in total. The standard InChI is InChI=1S/C25H25FN6O4/c1-25(2,3)36-23(34)9-8-22(33)28-21-10-12-27-24(29-21)19-14-20(18-11-13-35-31-18)32(30-19)15-16-6-4-5-7-17(16)26/h4-7,10-14H,8-9,15H2,1-3H3,(H,27,28,29,33). The van der Waals surface area contributed by atoms with E-state index in [1.54, 1.807) is 55.8 Å². The molecule has 36 heavy (non-hydrogen) atoms. The lowest BCUT2D eigenvalue weighted by molar-refractivity contribution is -0.155. The summed E-state index contributed by atoms with van der Waals surface area (Å²) in [4.78, 5) is 32.8. The van der Waals surface area contributed by atoms with Gasteiger partial charge in [0, 0.05) is 24.2 Å². The van der Waals surface area contributed by atoms with Gasteiger partial charge in [-0.1, -0.05) is 23.4 Å². The van der Waals surface area contributed by atoms with Gasteiger partial charge < -0.3 is 14.6 Å². The molecule has 0 bridgehead atoms. The highest BCUT2D eigenvalue weighted by Crippen LogP contribution is 2.25. The van der Waals surface area contributed by atoms with E-state index in [1.165, 1.54) is 24.6 Å². The van der Waals surface area contributed by atoms with E-state index in [0.717, 1.165) is 0 Å². The maximum absolute atomic E-state index is 14.3. The summed E-state index contributed by atoms with van der Waals surface area (Å²) in [6, 6.07) is 11.3. The third-order valence-corrected chi connectivity index (χ3v) is 4.89. The highest BCUT2D eigenvalue weighted by molar-refractivity contribution is 5.91. The van der Waals surface area contributed by atoms with Crippen LogP contribution in [0.4, 0.5) is 10.2 Å². The number of ether oxygens (including phenoxy) is 1. The van der Waals surface area contributed by atoms with Gasteiger partial charge in [-0.25, -0.2) is 14.4 Å². The van der Waals surface area contributed by atoms with Crippen molar-refractivity contribution in [3.8, 4) is 22.9 Å². The van der Waals surface area contributed by atoms with Crippen LogP contribution in [0.1, 0.15) is 39.2 Å². The minimum Gasteiger partial charge on any atom is -0.460 e. The summed E-state index contributed by atoms with van der Waals surface area (Å²) < 4.78 is 26.0. The average molecular weight is 493 g/mol. The number of amides is 1. The molecule has 0 aliphatic rings. The molecule has 0 unspecified atom stereocenters. The Morgan fingerprint density at radius 1 is 1.11 bits per heavy atom. The number of aromatic nitrogens is 5. The van der Waals surface area contributed by atoms with Gasteiger partial charge in [0.25, 0.3) is 0 Å². The Morgan fingerprint density at radius 3 is 2.64 bits per heavy atom. The van der Waals surface area contributed by atoms with Crippen LogP contribution in [0, 0.1) is 5.82 Å². The number of benzene rings is 1. The normalized spacial score (nSPS) is 11.3.